The first-order chi connectivity index (χ1) is 7.04. The second-order valence-electron chi connectivity index (χ2n) is 2.85. The molecule has 0 unspecified atom stereocenters. The number of fused-ring (bicyclic) bond motifs is 1. The summed E-state index contributed by atoms with van der Waals surface area (Å²) in [4.78, 5) is 3.91. The molecule has 2 rings (SSSR count). The Morgan fingerprint density at radius 3 is 2.67 bits per heavy atom. The van der Waals surface area contributed by atoms with Crippen molar-refractivity contribution < 1.29 is 17.9 Å². The summed E-state index contributed by atoms with van der Waals surface area (Å²) in [6.07, 6.45) is -4.32. The van der Waals surface area contributed by atoms with E-state index in [4.69, 9.17) is 0 Å². The number of hydrogen-bond acceptors (Lipinski definition) is 3. The van der Waals surface area contributed by atoms with Gasteiger partial charge >= 0.3 is 6.18 Å². The lowest BCUT2D eigenvalue weighted by Crippen LogP contribution is -2.19. The normalized spacial score (nSPS) is 11.9. The highest BCUT2D eigenvalue weighted by molar-refractivity contribution is 7.20. The van der Waals surface area contributed by atoms with Crippen LogP contribution in [-0.2, 0) is 0 Å². The molecule has 0 aliphatic carbocycles. The number of aromatic nitrogens is 1. The van der Waals surface area contributed by atoms with E-state index < -0.39 is 12.8 Å². The molecule has 0 saturated heterocycles. The predicted molar refractivity (Wildman–Crippen MR) is 51.2 cm³/mol. The van der Waals surface area contributed by atoms with E-state index in [0.717, 1.165) is 16.0 Å². The Hall–Kier alpha value is -1.30. The van der Waals surface area contributed by atoms with Crippen LogP contribution in [-0.4, -0.2) is 17.8 Å². The quantitative estimate of drug-likeness (QED) is 0.794. The van der Waals surface area contributed by atoms with Gasteiger partial charge in [-0.15, -0.1) is 0 Å². The van der Waals surface area contributed by atoms with Crippen LogP contribution in [0.25, 0.3) is 10.2 Å². The number of ether oxygens (including phenoxy) is 1. The average Bonchev–Trinajstić information content (AvgIpc) is 2.56. The van der Waals surface area contributed by atoms with E-state index in [9.17, 15) is 13.2 Å². The smallest absolute Gasteiger partial charge is 0.422 e. The molecule has 2 aromatic rings. The maximum absolute atomic E-state index is 11.8. The molecule has 0 spiro atoms. The van der Waals surface area contributed by atoms with E-state index >= 15 is 0 Å². The second kappa shape index (κ2) is 3.69. The summed E-state index contributed by atoms with van der Waals surface area (Å²) in [6, 6.07) is 7.09. The summed E-state index contributed by atoms with van der Waals surface area (Å²) >= 11 is 1.10. The van der Waals surface area contributed by atoms with Crippen molar-refractivity contribution in [1.29, 1.82) is 0 Å². The lowest BCUT2D eigenvalue weighted by Gasteiger charge is -2.04. The first kappa shape index (κ1) is 10.2. The Bertz CT molecular complexity index is 433. The molecule has 1 aromatic carbocycles. The van der Waals surface area contributed by atoms with Crippen LogP contribution in [0.5, 0.6) is 5.19 Å². The standard InChI is InChI=1S/C9H6F3NOS/c10-9(11,12)5-14-8-13-6-3-1-2-4-7(6)15-8/h1-4H,5H2. The number of halogens is 3. The van der Waals surface area contributed by atoms with Gasteiger partial charge in [0.1, 0.15) is 0 Å². The van der Waals surface area contributed by atoms with Gasteiger partial charge in [-0.2, -0.15) is 13.2 Å². The minimum absolute atomic E-state index is 0.0496. The molecule has 0 bridgehead atoms. The van der Waals surface area contributed by atoms with Gasteiger partial charge in [0, 0.05) is 0 Å². The fourth-order valence-corrected chi connectivity index (χ4v) is 1.87. The molecule has 0 aliphatic heterocycles. The molecule has 2 nitrogen and oxygen atoms in total. The zero-order valence-corrected chi connectivity index (χ0v) is 8.23. The van der Waals surface area contributed by atoms with Gasteiger partial charge in [-0.25, -0.2) is 4.98 Å². The molecule has 15 heavy (non-hydrogen) atoms. The topological polar surface area (TPSA) is 22.1 Å². The largest absolute Gasteiger partial charge is 0.460 e. The third-order valence-corrected chi connectivity index (χ3v) is 2.58. The average molecular weight is 233 g/mol. The van der Waals surface area contributed by atoms with Crippen LogP contribution in [0.2, 0.25) is 0 Å². The number of para-hydroxylation sites is 1. The van der Waals surface area contributed by atoms with Crippen LogP contribution < -0.4 is 4.74 Å². The number of alkyl halides is 3. The van der Waals surface area contributed by atoms with Crippen LogP contribution in [0.4, 0.5) is 13.2 Å². The molecule has 0 N–H and O–H groups in total. The Labute approximate surface area is 87.3 Å². The van der Waals surface area contributed by atoms with Crippen LogP contribution in [0.15, 0.2) is 24.3 Å². The Balaban J connectivity index is 2.16. The van der Waals surface area contributed by atoms with E-state index in [0.29, 0.717) is 5.52 Å². The van der Waals surface area contributed by atoms with Gasteiger partial charge in [0.15, 0.2) is 6.61 Å². The molecule has 0 saturated carbocycles. The molecule has 0 fully saturated rings. The lowest BCUT2D eigenvalue weighted by molar-refractivity contribution is -0.153. The zero-order valence-electron chi connectivity index (χ0n) is 7.41. The van der Waals surface area contributed by atoms with Crippen molar-refractivity contribution in [2.24, 2.45) is 0 Å². The maximum Gasteiger partial charge on any atom is 0.422 e. The Morgan fingerprint density at radius 2 is 2.00 bits per heavy atom. The van der Waals surface area contributed by atoms with Gasteiger partial charge in [-0.1, -0.05) is 23.5 Å². The molecule has 80 valence electrons. The van der Waals surface area contributed by atoms with E-state index in [1.807, 2.05) is 0 Å². The van der Waals surface area contributed by atoms with Crippen LogP contribution in [0, 0.1) is 0 Å². The molecule has 0 amide bonds. The van der Waals surface area contributed by atoms with Gasteiger partial charge in [-0.05, 0) is 12.1 Å². The summed E-state index contributed by atoms with van der Waals surface area (Å²) in [6.45, 7) is -1.30. The van der Waals surface area contributed by atoms with E-state index in [1.165, 1.54) is 0 Å². The number of rotatable bonds is 2. The van der Waals surface area contributed by atoms with E-state index in [-0.39, 0.29) is 5.19 Å². The summed E-state index contributed by atoms with van der Waals surface area (Å²) in [5.74, 6) is 0. The number of hydrogen-bond donors (Lipinski definition) is 0. The van der Waals surface area contributed by atoms with Crippen molar-refractivity contribution >= 4 is 21.6 Å². The Kier molecular flexibility index (Phi) is 2.52. The molecule has 0 atom stereocenters. The molecule has 6 heteroatoms. The van der Waals surface area contributed by atoms with Crippen molar-refractivity contribution in [3.8, 4) is 5.19 Å². The van der Waals surface area contributed by atoms with Gasteiger partial charge in [0.2, 0.25) is 0 Å². The van der Waals surface area contributed by atoms with Gasteiger partial charge in [-0.3, -0.25) is 0 Å². The van der Waals surface area contributed by atoms with Crippen LogP contribution >= 0.6 is 11.3 Å². The predicted octanol–water partition coefficient (Wildman–Crippen LogP) is 3.24. The minimum Gasteiger partial charge on any atom is -0.460 e. The van der Waals surface area contributed by atoms with Crippen LogP contribution in [0.3, 0.4) is 0 Å². The summed E-state index contributed by atoms with van der Waals surface area (Å²) in [5, 5.41) is 0.0496. The summed E-state index contributed by atoms with van der Waals surface area (Å²) in [5.41, 5.74) is 0.652. The fourth-order valence-electron chi connectivity index (χ4n) is 1.06. The SMILES string of the molecule is FC(F)(F)COc1nc2ccccc2s1. The molecule has 0 radical (unpaired) electrons. The summed E-state index contributed by atoms with van der Waals surface area (Å²) < 4.78 is 40.9. The highest BCUT2D eigenvalue weighted by atomic mass is 32.1. The highest BCUT2D eigenvalue weighted by Crippen LogP contribution is 2.28. The van der Waals surface area contributed by atoms with Crippen LogP contribution in [0.1, 0.15) is 0 Å². The molecular formula is C9H6F3NOS. The van der Waals surface area contributed by atoms with Crippen molar-refractivity contribution in [3.63, 3.8) is 0 Å². The van der Waals surface area contributed by atoms with Crippen molar-refractivity contribution in [2.45, 2.75) is 6.18 Å². The Morgan fingerprint density at radius 1 is 1.27 bits per heavy atom. The van der Waals surface area contributed by atoms with Crippen molar-refractivity contribution in [2.75, 3.05) is 6.61 Å². The monoisotopic (exact) mass is 233 g/mol. The third-order valence-electron chi connectivity index (χ3n) is 1.63. The van der Waals surface area contributed by atoms with Gasteiger partial charge in [0.05, 0.1) is 10.2 Å². The molecule has 1 aromatic heterocycles. The van der Waals surface area contributed by atoms with Crippen molar-refractivity contribution in [3.05, 3.63) is 24.3 Å². The van der Waals surface area contributed by atoms with E-state index in [2.05, 4.69) is 9.72 Å². The number of nitrogens with zero attached hydrogens (tertiary/aromatic N) is 1. The first-order valence-corrected chi connectivity index (χ1v) is 4.91. The first-order valence-electron chi connectivity index (χ1n) is 4.10. The van der Waals surface area contributed by atoms with E-state index in [1.54, 1.807) is 24.3 Å². The zero-order chi connectivity index (χ0) is 10.9. The fraction of sp³-hybridized carbons (Fsp3) is 0.222. The number of thiazole rings is 1. The molecular weight excluding hydrogens is 227 g/mol. The second-order valence-corrected chi connectivity index (χ2v) is 3.84. The lowest BCUT2D eigenvalue weighted by atomic mass is 10.3. The van der Waals surface area contributed by atoms with Gasteiger partial charge in [0.25, 0.3) is 5.19 Å². The molecule has 1 heterocycles. The number of benzene rings is 1. The minimum atomic E-state index is -4.32. The third kappa shape index (κ3) is 2.59. The molecule has 0 aliphatic rings. The van der Waals surface area contributed by atoms with Gasteiger partial charge < -0.3 is 4.74 Å². The maximum atomic E-state index is 11.8. The highest BCUT2D eigenvalue weighted by Gasteiger charge is 2.29. The van der Waals surface area contributed by atoms with Crippen molar-refractivity contribution in [1.82, 2.24) is 4.98 Å². The summed E-state index contributed by atoms with van der Waals surface area (Å²) in [7, 11) is 0.